The summed E-state index contributed by atoms with van der Waals surface area (Å²) in [5.74, 6) is -1.05. The number of benzene rings is 2. The number of nitrogens with two attached hydrogens (primary N) is 1. The van der Waals surface area contributed by atoms with Gasteiger partial charge in [-0.25, -0.2) is 4.79 Å². The molecule has 1 amide bonds. The van der Waals surface area contributed by atoms with Crippen molar-refractivity contribution >= 4 is 34.9 Å². The molecule has 0 radical (unpaired) electrons. The van der Waals surface area contributed by atoms with Crippen LogP contribution in [0, 0.1) is 0 Å². The Kier molecular flexibility index (Phi) is 5.93. The second-order valence-corrected chi connectivity index (χ2v) is 7.51. The molecular weight excluding hydrogens is 352 g/mol. The normalized spacial score (nSPS) is 12.3. The number of hydrogen-bond acceptors (Lipinski definition) is 4. The second kappa shape index (κ2) is 7.79. The van der Waals surface area contributed by atoms with Crippen LogP contribution < -0.4 is 11.1 Å². The average Bonchev–Trinajstić information content (AvgIpc) is 2.56. The molecule has 1 unspecified atom stereocenters. The minimum Gasteiger partial charge on any atom is -0.449 e. The summed E-state index contributed by atoms with van der Waals surface area (Å²) in [7, 11) is 0. The van der Waals surface area contributed by atoms with E-state index < -0.39 is 18.0 Å². The molecule has 0 bridgehead atoms. The smallest absolute Gasteiger partial charge is 0.338 e. The third-order valence-electron chi connectivity index (χ3n) is 3.90. The number of halogens is 1. The lowest BCUT2D eigenvalue weighted by molar-refractivity contribution is -0.123. The summed E-state index contributed by atoms with van der Waals surface area (Å²) < 4.78 is 5.19. The van der Waals surface area contributed by atoms with E-state index >= 15 is 0 Å². The van der Waals surface area contributed by atoms with Crippen molar-refractivity contribution < 1.29 is 14.3 Å². The molecule has 0 aromatic heterocycles. The molecule has 138 valence electrons. The fourth-order valence-electron chi connectivity index (χ4n) is 2.25. The lowest BCUT2D eigenvalue weighted by Gasteiger charge is -2.19. The highest BCUT2D eigenvalue weighted by atomic mass is 35.5. The molecule has 0 aliphatic rings. The van der Waals surface area contributed by atoms with E-state index in [2.05, 4.69) is 26.1 Å². The topological polar surface area (TPSA) is 81.4 Å². The summed E-state index contributed by atoms with van der Waals surface area (Å²) in [4.78, 5) is 24.4. The summed E-state index contributed by atoms with van der Waals surface area (Å²) in [6.45, 7) is 7.86. The molecule has 0 fully saturated rings. The predicted octanol–water partition coefficient (Wildman–Crippen LogP) is 4.40. The van der Waals surface area contributed by atoms with Crippen molar-refractivity contribution in [3.63, 3.8) is 0 Å². The maximum Gasteiger partial charge on any atom is 0.338 e. The average molecular weight is 375 g/mol. The van der Waals surface area contributed by atoms with Crippen molar-refractivity contribution in [2.75, 3.05) is 11.1 Å². The van der Waals surface area contributed by atoms with Crippen LogP contribution in [-0.4, -0.2) is 18.0 Å². The number of hydrogen-bond donors (Lipinski definition) is 2. The third-order valence-corrected chi connectivity index (χ3v) is 4.25. The zero-order chi connectivity index (χ0) is 19.5. The number of ether oxygens (including phenoxy) is 1. The van der Waals surface area contributed by atoms with E-state index in [4.69, 9.17) is 22.1 Å². The first-order chi connectivity index (χ1) is 12.1. The van der Waals surface area contributed by atoms with Gasteiger partial charge in [-0.1, -0.05) is 44.5 Å². The molecular formula is C20H23ClN2O3. The Morgan fingerprint density at radius 3 is 2.27 bits per heavy atom. The summed E-state index contributed by atoms with van der Waals surface area (Å²) in [6, 6.07) is 12.0. The lowest BCUT2D eigenvalue weighted by Crippen LogP contribution is -2.30. The van der Waals surface area contributed by atoms with Crippen LogP contribution in [0.25, 0.3) is 0 Å². The van der Waals surface area contributed by atoms with Crippen molar-refractivity contribution in [1.29, 1.82) is 0 Å². The summed E-state index contributed by atoms with van der Waals surface area (Å²) >= 11 is 5.83. The molecule has 3 N–H and O–H groups in total. The van der Waals surface area contributed by atoms with E-state index in [9.17, 15) is 9.59 Å². The van der Waals surface area contributed by atoms with Gasteiger partial charge in [0.25, 0.3) is 5.91 Å². The van der Waals surface area contributed by atoms with Crippen LogP contribution in [0.4, 0.5) is 11.4 Å². The first-order valence-electron chi connectivity index (χ1n) is 8.25. The Hall–Kier alpha value is -2.53. The highest BCUT2D eigenvalue weighted by molar-refractivity contribution is 6.33. The number of carbonyl (C=O) groups excluding carboxylic acids is 2. The van der Waals surface area contributed by atoms with E-state index in [1.54, 1.807) is 0 Å². The zero-order valence-electron chi connectivity index (χ0n) is 15.3. The van der Waals surface area contributed by atoms with E-state index in [0.29, 0.717) is 10.7 Å². The fourth-order valence-corrected chi connectivity index (χ4v) is 2.37. The minimum atomic E-state index is -0.957. The van der Waals surface area contributed by atoms with Crippen LogP contribution in [-0.2, 0) is 14.9 Å². The lowest BCUT2D eigenvalue weighted by atomic mass is 9.87. The number of nitrogen functional groups attached to an aromatic ring is 1. The van der Waals surface area contributed by atoms with Crippen LogP contribution in [0.1, 0.15) is 43.6 Å². The first kappa shape index (κ1) is 19.8. The molecule has 26 heavy (non-hydrogen) atoms. The van der Waals surface area contributed by atoms with Gasteiger partial charge in [-0.3, -0.25) is 4.79 Å². The van der Waals surface area contributed by atoms with Crippen molar-refractivity contribution in [2.24, 2.45) is 0 Å². The first-order valence-corrected chi connectivity index (χ1v) is 8.63. The van der Waals surface area contributed by atoms with Crippen LogP contribution in [0.2, 0.25) is 5.02 Å². The van der Waals surface area contributed by atoms with E-state index in [-0.39, 0.29) is 16.7 Å². The molecule has 0 spiro atoms. The van der Waals surface area contributed by atoms with Gasteiger partial charge in [-0.15, -0.1) is 0 Å². The van der Waals surface area contributed by atoms with Gasteiger partial charge in [0.05, 0.1) is 16.3 Å². The highest BCUT2D eigenvalue weighted by Crippen LogP contribution is 2.24. The summed E-state index contributed by atoms with van der Waals surface area (Å²) in [5, 5.41) is 3.09. The second-order valence-electron chi connectivity index (χ2n) is 7.10. The van der Waals surface area contributed by atoms with Gasteiger partial charge in [0.1, 0.15) is 0 Å². The monoisotopic (exact) mass is 374 g/mol. The molecule has 6 heteroatoms. The van der Waals surface area contributed by atoms with E-state index in [0.717, 1.165) is 5.56 Å². The minimum absolute atomic E-state index is 0.0335. The number of amides is 1. The molecule has 5 nitrogen and oxygen atoms in total. The van der Waals surface area contributed by atoms with Crippen LogP contribution in [0.15, 0.2) is 42.5 Å². The Morgan fingerprint density at radius 1 is 1.12 bits per heavy atom. The molecule has 1 atom stereocenters. The van der Waals surface area contributed by atoms with Crippen molar-refractivity contribution in [3.05, 3.63) is 58.6 Å². The molecule has 2 rings (SSSR count). The van der Waals surface area contributed by atoms with Gasteiger partial charge in [-0.05, 0) is 48.2 Å². The molecule has 0 saturated carbocycles. The van der Waals surface area contributed by atoms with Gasteiger partial charge in [0.15, 0.2) is 6.10 Å². The molecule has 0 saturated heterocycles. The number of anilines is 2. The van der Waals surface area contributed by atoms with Gasteiger partial charge in [0.2, 0.25) is 0 Å². The molecule has 2 aromatic carbocycles. The summed E-state index contributed by atoms with van der Waals surface area (Å²) in [6.07, 6.45) is -0.957. The van der Waals surface area contributed by atoms with Gasteiger partial charge in [0, 0.05) is 5.69 Å². The van der Waals surface area contributed by atoms with Crippen LogP contribution in [0.5, 0.6) is 0 Å². The predicted molar refractivity (Wildman–Crippen MR) is 105 cm³/mol. The Balaban J connectivity index is 1.98. The molecule has 0 aliphatic heterocycles. The molecule has 0 aliphatic carbocycles. The van der Waals surface area contributed by atoms with Crippen molar-refractivity contribution in [3.8, 4) is 0 Å². The van der Waals surface area contributed by atoms with E-state index in [1.165, 1.54) is 25.1 Å². The maximum atomic E-state index is 12.2. The maximum absolute atomic E-state index is 12.2. The fraction of sp³-hybridized carbons (Fsp3) is 0.300. The van der Waals surface area contributed by atoms with Crippen LogP contribution >= 0.6 is 11.6 Å². The van der Waals surface area contributed by atoms with Crippen LogP contribution in [0.3, 0.4) is 0 Å². The SMILES string of the molecule is CC(OC(=O)c1ccc(Cl)c(N)c1)C(=O)Nc1ccc(C(C)(C)C)cc1. The summed E-state index contributed by atoms with van der Waals surface area (Å²) in [5.41, 5.74) is 8.02. The number of nitrogens with one attached hydrogen (secondary N) is 1. The third kappa shape index (κ3) is 4.99. The van der Waals surface area contributed by atoms with E-state index in [1.807, 2.05) is 24.3 Å². The van der Waals surface area contributed by atoms with Crippen molar-refractivity contribution in [1.82, 2.24) is 0 Å². The molecule has 2 aromatic rings. The standard InChI is InChI=1S/C20H23ClN2O3/c1-12(26-19(25)13-5-10-16(21)17(22)11-13)18(24)23-15-8-6-14(7-9-15)20(2,3)4/h5-12H,22H2,1-4H3,(H,23,24). The van der Waals surface area contributed by atoms with Gasteiger partial charge < -0.3 is 15.8 Å². The Bertz CT molecular complexity index is 811. The number of carbonyl (C=O) groups is 2. The largest absolute Gasteiger partial charge is 0.449 e. The highest BCUT2D eigenvalue weighted by Gasteiger charge is 2.20. The molecule has 0 heterocycles. The zero-order valence-corrected chi connectivity index (χ0v) is 16.1. The quantitative estimate of drug-likeness (QED) is 0.613. The Morgan fingerprint density at radius 2 is 1.73 bits per heavy atom. The number of rotatable bonds is 4. The van der Waals surface area contributed by atoms with Crippen molar-refractivity contribution in [2.45, 2.75) is 39.2 Å². The van der Waals surface area contributed by atoms with Gasteiger partial charge >= 0.3 is 5.97 Å². The van der Waals surface area contributed by atoms with Gasteiger partial charge in [-0.2, -0.15) is 0 Å². The Labute approximate surface area is 158 Å². The number of esters is 1.